The fourth-order valence-corrected chi connectivity index (χ4v) is 3.60. The van der Waals surface area contributed by atoms with Gasteiger partial charge in [0.05, 0.1) is 12.1 Å². The van der Waals surface area contributed by atoms with E-state index in [9.17, 15) is 9.59 Å². The minimum atomic E-state index is -0.669. The zero-order valence-corrected chi connectivity index (χ0v) is 20.0. The number of hydrogen-bond donors (Lipinski definition) is 1. The number of amides is 2. The third-order valence-electron chi connectivity index (χ3n) is 3.93. The molecule has 2 rings (SSSR count). The van der Waals surface area contributed by atoms with Gasteiger partial charge in [-0.3, -0.25) is 5.32 Å². The first-order chi connectivity index (χ1) is 13.4. The van der Waals surface area contributed by atoms with Gasteiger partial charge in [-0.25, -0.2) is 19.5 Å². The number of rotatable bonds is 2. The summed E-state index contributed by atoms with van der Waals surface area (Å²) in [7, 11) is 0. The number of aliphatic imine (C=N–C) groups is 1. The Hall–Kier alpha value is -1.84. The molecule has 1 N–H and O–H groups in total. The number of halogens is 1. The summed E-state index contributed by atoms with van der Waals surface area (Å²) in [6.07, 6.45) is -0.572. The van der Waals surface area contributed by atoms with Gasteiger partial charge in [0.1, 0.15) is 11.2 Å². The van der Waals surface area contributed by atoms with Crippen LogP contribution >= 0.6 is 22.6 Å². The van der Waals surface area contributed by atoms with Crippen molar-refractivity contribution in [3.8, 4) is 0 Å². The Morgan fingerprint density at radius 2 is 1.69 bits per heavy atom. The normalized spacial score (nSPS) is 20.0. The molecule has 0 saturated carbocycles. The van der Waals surface area contributed by atoms with Crippen LogP contribution in [0.3, 0.4) is 0 Å². The van der Waals surface area contributed by atoms with E-state index in [1.807, 2.05) is 30.3 Å². The van der Waals surface area contributed by atoms with Crippen molar-refractivity contribution in [3.63, 3.8) is 0 Å². The second kappa shape index (κ2) is 9.32. The largest absolute Gasteiger partial charge is 0.444 e. The molecule has 1 aromatic carbocycles. The average molecular weight is 515 g/mol. The minimum Gasteiger partial charge on any atom is -0.444 e. The van der Waals surface area contributed by atoms with E-state index < -0.39 is 23.4 Å². The number of guanidine groups is 1. The van der Waals surface area contributed by atoms with E-state index in [1.165, 1.54) is 4.90 Å². The smallest absolute Gasteiger partial charge is 0.417 e. The third-order valence-corrected chi connectivity index (χ3v) is 4.95. The molecule has 8 heteroatoms. The van der Waals surface area contributed by atoms with Crippen LogP contribution in [0.1, 0.15) is 59.6 Å². The molecule has 0 saturated heterocycles. The van der Waals surface area contributed by atoms with Crippen LogP contribution in [0.25, 0.3) is 0 Å². The van der Waals surface area contributed by atoms with E-state index in [1.54, 1.807) is 41.5 Å². The molecule has 1 aliphatic rings. The Kier molecular flexibility index (Phi) is 7.53. The molecule has 0 unspecified atom stereocenters. The van der Waals surface area contributed by atoms with Gasteiger partial charge in [-0.15, -0.1) is 0 Å². The molecule has 2 amide bonds. The standard InChI is InChI=1S/C21H30IN3O4/c1-20(2,3)28-18(26)24-17-23-16(14-10-8-7-9-11-14)12-15(13-22)25(17)19(27)29-21(4,5)6/h7-11,15-16H,12-13H2,1-6H3,(H,23,24,26)/t15-,16+/m0/s1. The van der Waals surface area contributed by atoms with Crippen LogP contribution < -0.4 is 5.32 Å². The van der Waals surface area contributed by atoms with Crippen LogP contribution in [0.5, 0.6) is 0 Å². The van der Waals surface area contributed by atoms with Gasteiger partial charge in [-0.2, -0.15) is 0 Å². The molecule has 0 fully saturated rings. The summed E-state index contributed by atoms with van der Waals surface area (Å²) >= 11 is 2.24. The second-order valence-electron chi connectivity index (χ2n) is 8.90. The highest BCUT2D eigenvalue weighted by Gasteiger charge is 2.38. The SMILES string of the molecule is CC(C)(C)OC(=O)NC1=N[C@@H](c2ccccc2)C[C@@H](CI)N1C(=O)OC(C)(C)C. The highest BCUT2D eigenvalue weighted by Crippen LogP contribution is 2.31. The molecular formula is C21H30IN3O4. The highest BCUT2D eigenvalue weighted by molar-refractivity contribution is 14.1. The molecule has 1 heterocycles. The van der Waals surface area contributed by atoms with Crippen molar-refractivity contribution in [1.82, 2.24) is 10.2 Å². The summed E-state index contributed by atoms with van der Waals surface area (Å²) in [5, 5.41) is 2.67. The van der Waals surface area contributed by atoms with E-state index in [-0.39, 0.29) is 18.0 Å². The molecule has 0 aromatic heterocycles. The van der Waals surface area contributed by atoms with Crippen LogP contribution in [0.4, 0.5) is 9.59 Å². The summed E-state index contributed by atoms with van der Waals surface area (Å²) in [5.74, 6) is 0.148. The van der Waals surface area contributed by atoms with Crippen LogP contribution in [-0.4, -0.2) is 44.7 Å². The third kappa shape index (κ3) is 7.17. The van der Waals surface area contributed by atoms with Crippen LogP contribution in [-0.2, 0) is 9.47 Å². The molecule has 0 spiro atoms. The second-order valence-corrected chi connectivity index (χ2v) is 9.78. The number of hydrogen-bond acceptors (Lipinski definition) is 5. The van der Waals surface area contributed by atoms with E-state index in [2.05, 4.69) is 32.9 Å². The van der Waals surface area contributed by atoms with Gasteiger partial charge in [0, 0.05) is 4.43 Å². The maximum atomic E-state index is 12.9. The number of carbonyl (C=O) groups excluding carboxylic acids is 2. The minimum absolute atomic E-state index is 0.148. The Bertz CT molecular complexity index is 753. The lowest BCUT2D eigenvalue weighted by atomic mass is 9.98. The van der Waals surface area contributed by atoms with E-state index in [0.717, 1.165) is 5.56 Å². The first-order valence-electron chi connectivity index (χ1n) is 9.60. The lowest BCUT2D eigenvalue weighted by molar-refractivity contribution is 0.0291. The topological polar surface area (TPSA) is 80.2 Å². The fraction of sp³-hybridized carbons (Fsp3) is 0.571. The monoisotopic (exact) mass is 515 g/mol. The predicted molar refractivity (Wildman–Crippen MR) is 121 cm³/mol. The van der Waals surface area contributed by atoms with Gasteiger partial charge in [0.2, 0.25) is 5.96 Å². The molecular weight excluding hydrogens is 485 g/mol. The number of alkyl halides is 1. The maximum absolute atomic E-state index is 12.9. The molecule has 29 heavy (non-hydrogen) atoms. The Morgan fingerprint density at radius 1 is 1.10 bits per heavy atom. The summed E-state index contributed by atoms with van der Waals surface area (Å²) in [4.78, 5) is 31.5. The van der Waals surface area contributed by atoms with Gasteiger partial charge in [-0.05, 0) is 53.5 Å². The summed E-state index contributed by atoms with van der Waals surface area (Å²) in [5.41, 5.74) is -0.313. The van der Waals surface area contributed by atoms with Crippen LogP contribution in [0.15, 0.2) is 35.3 Å². The zero-order chi connectivity index (χ0) is 21.8. The molecule has 160 valence electrons. The Balaban J connectivity index is 2.39. The lowest BCUT2D eigenvalue weighted by Gasteiger charge is -2.38. The molecule has 1 aliphatic heterocycles. The number of nitrogens with zero attached hydrogens (tertiary/aromatic N) is 2. The van der Waals surface area contributed by atoms with Gasteiger partial charge in [-0.1, -0.05) is 52.9 Å². The van der Waals surface area contributed by atoms with Crippen molar-refractivity contribution in [3.05, 3.63) is 35.9 Å². The number of alkyl carbamates (subject to hydrolysis) is 1. The summed E-state index contributed by atoms with van der Waals surface area (Å²) in [6, 6.07) is 9.46. The summed E-state index contributed by atoms with van der Waals surface area (Å²) in [6.45, 7) is 10.8. The highest BCUT2D eigenvalue weighted by atomic mass is 127. The number of benzene rings is 1. The lowest BCUT2D eigenvalue weighted by Crippen LogP contribution is -2.56. The van der Waals surface area contributed by atoms with Gasteiger partial charge in [0.15, 0.2) is 0 Å². The van der Waals surface area contributed by atoms with Gasteiger partial charge in [0.25, 0.3) is 0 Å². The quantitative estimate of drug-likeness (QED) is 0.442. The number of carbonyl (C=O) groups is 2. The van der Waals surface area contributed by atoms with Crippen molar-refractivity contribution in [1.29, 1.82) is 0 Å². The first kappa shape index (κ1) is 23.4. The molecule has 0 radical (unpaired) electrons. The molecule has 7 nitrogen and oxygen atoms in total. The zero-order valence-electron chi connectivity index (χ0n) is 17.9. The van der Waals surface area contributed by atoms with E-state index in [0.29, 0.717) is 10.8 Å². The first-order valence-corrected chi connectivity index (χ1v) is 11.1. The molecule has 2 atom stereocenters. The van der Waals surface area contributed by atoms with E-state index >= 15 is 0 Å². The Labute approximate surface area is 186 Å². The van der Waals surface area contributed by atoms with Crippen LogP contribution in [0, 0.1) is 0 Å². The van der Waals surface area contributed by atoms with E-state index in [4.69, 9.17) is 9.47 Å². The van der Waals surface area contributed by atoms with Crippen molar-refractivity contribution >= 4 is 40.7 Å². The number of ether oxygens (including phenoxy) is 2. The van der Waals surface area contributed by atoms with Crippen molar-refractivity contribution in [2.75, 3.05) is 4.43 Å². The fourth-order valence-electron chi connectivity index (χ4n) is 2.85. The molecule has 1 aromatic rings. The summed E-state index contributed by atoms with van der Waals surface area (Å²) < 4.78 is 11.6. The van der Waals surface area contributed by atoms with Gasteiger partial charge < -0.3 is 9.47 Å². The van der Waals surface area contributed by atoms with Crippen molar-refractivity contribution in [2.24, 2.45) is 4.99 Å². The van der Waals surface area contributed by atoms with Gasteiger partial charge >= 0.3 is 12.2 Å². The Morgan fingerprint density at radius 3 is 2.21 bits per heavy atom. The van der Waals surface area contributed by atoms with Crippen LogP contribution in [0.2, 0.25) is 0 Å². The number of nitrogens with one attached hydrogen (secondary N) is 1. The molecule has 0 bridgehead atoms. The average Bonchev–Trinajstić information content (AvgIpc) is 2.58. The molecule has 0 aliphatic carbocycles. The predicted octanol–water partition coefficient (Wildman–Crippen LogP) is 5.05. The van der Waals surface area contributed by atoms with Crippen molar-refractivity contribution in [2.45, 2.75) is 71.2 Å². The van der Waals surface area contributed by atoms with Crippen molar-refractivity contribution < 1.29 is 19.1 Å². The maximum Gasteiger partial charge on any atom is 0.417 e.